The van der Waals surface area contributed by atoms with E-state index in [4.69, 9.17) is 34.4 Å². The number of ether oxygens (including phenoxy) is 5. The third-order valence-corrected chi connectivity index (χ3v) is 19.0. The van der Waals surface area contributed by atoms with Crippen molar-refractivity contribution in [2.24, 2.45) is 29.4 Å². The van der Waals surface area contributed by atoms with Crippen molar-refractivity contribution in [3.8, 4) is 11.4 Å². The van der Waals surface area contributed by atoms with Gasteiger partial charge < -0.3 is 55.3 Å². The number of sulfonamides is 1. The maximum Gasteiger partial charge on any atom is 0.510 e. The molecule has 1 aliphatic carbocycles. The van der Waals surface area contributed by atoms with Gasteiger partial charge in [-0.15, -0.1) is 0 Å². The Morgan fingerprint density at radius 2 is 1.60 bits per heavy atom. The first-order chi connectivity index (χ1) is 43.1. The molecule has 0 spiro atoms. The average molecular weight is 1270 g/mol. The van der Waals surface area contributed by atoms with Gasteiger partial charge in [-0.25, -0.2) is 23.0 Å². The number of carbonyl (C=O) groups excluding carboxylic acids is 8. The number of nitrogens with two attached hydrogens (primary N) is 1. The molecule has 2 aromatic heterocycles. The summed E-state index contributed by atoms with van der Waals surface area (Å²) < 4.78 is 56.3. The Morgan fingerprint density at radius 1 is 0.889 bits per heavy atom. The number of hydrogen-bond acceptors (Lipinski definition) is 18. The minimum Gasteiger partial charge on any atom is -0.457 e. The number of imide groups is 1. The molecule has 0 radical (unpaired) electrons. The van der Waals surface area contributed by atoms with E-state index in [1.807, 2.05) is 38.1 Å². The molecule has 3 aliphatic heterocycles. The smallest absolute Gasteiger partial charge is 0.457 e. The molecule has 0 bridgehead atoms. The first kappa shape index (κ1) is 68.3. The summed E-state index contributed by atoms with van der Waals surface area (Å²) in [5.74, 6) is -2.79. The van der Waals surface area contributed by atoms with Crippen molar-refractivity contribution >= 4 is 74.2 Å². The molecule has 6 N–H and O–H groups in total. The van der Waals surface area contributed by atoms with Crippen molar-refractivity contribution < 1.29 is 70.5 Å². The maximum absolute atomic E-state index is 14.4. The quantitative estimate of drug-likeness (QED) is 0.0228. The van der Waals surface area contributed by atoms with E-state index in [9.17, 15) is 51.6 Å². The number of cyclic esters (lactones) is 1. The number of anilines is 1. The van der Waals surface area contributed by atoms with E-state index in [1.54, 1.807) is 55.7 Å². The van der Waals surface area contributed by atoms with Crippen LogP contribution < -0.4 is 32.6 Å². The lowest BCUT2D eigenvalue weighted by Crippen LogP contribution is -2.47. The first-order valence-corrected chi connectivity index (χ1v) is 33.0. The molecule has 4 aliphatic rings. The molecule has 5 heterocycles. The second-order valence-electron chi connectivity index (χ2n) is 24.0. The lowest BCUT2D eigenvalue weighted by molar-refractivity contribution is -0.175. The predicted octanol–water partition coefficient (Wildman–Crippen LogP) is 4.70. The molecular formula is C64H85N9O16S. The number of aromatic nitrogens is 2. The lowest BCUT2D eigenvalue weighted by atomic mass is 9.81. The van der Waals surface area contributed by atoms with Crippen molar-refractivity contribution in [3.05, 3.63) is 92.8 Å². The number of esters is 1. The molecule has 90 heavy (non-hydrogen) atoms. The van der Waals surface area contributed by atoms with Gasteiger partial charge in [0, 0.05) is 72.7 Å². The number of rotatable bonds is 31. The molecule has 6 amide bonds. The van der Waals surface area contributed by atoms with Crippen molar-refractivity contribution in [2.45, 2.75) is 143 Å². The zero-order chi connectivity index (χ0) is 64.9. The number of nitrogens with zero attached hydrogens (tertiary/aromatic N) is 4. The highest BCUT2D eigenvalue weighted by Gasteiger charge is 2.51. The monoisotopic (exact) mass is 1270 g/mol. The molecule has 2 unspecified atom stereocenters. The average Bonchev–Trinajstić information content (AvgIpc) is 1.49. The summed E-state index contributed by atoms with van der Waals surface area (Å²) >= 11 is 0. The summed E-state index contributed by atoms with van der Waals surface area (Å²) in [5.41, 5.74) is 7.36. The molecule has 2 fully saturated rings. The summed E-state index contributed by atoms with van der Waals surface area (Å²) in [6.45, 7) is 9.60. The normalized spacial score (nSPS) is 19.4. The van der Waals surface area contributed by atoms with Crippen LogP contribution in [-0.4, -0.2) is 152 Å². The standard InChI is InChI=1S/C64H85N9O16S/c1-7-40(5)47-31-56(76)72(60(47)79)33-41-16-20-43(21-17-41)58(77)67-27-30-85-29-26-66-54(74)37-86-38-55(75)69-52(15-11-12-25-65)59(78)68-44-22-18-42(19-23-44)35-88-63(82)89-64(8-2)50-32-53-57-48(34-71(53)61(80)49(50)36-87-62(64)81)45(46-13-9-10-14-51(46)70-57)24-28-73(39(3)4)90(6,83)84/h9-10,13-14,18-19,22-23,32,39-41,43,47,52H,7-8,11-12,15-17,20-21,24-31,33-38,65H2,1-6H3,(H,66,74)(H,67,77)(H,68,78)(H,69,75)/t40?,41?,43?,47?,52-,64-/m0/s1. The molecule has 4 aromatic rings. The molecule has 25 nitrogen and oxygen atoms in total. The summed E-state index contributed by atoms with van der Waals surface area (Å²) in [6, 6.07) is 14.1. The van der Waals surface area contributed by atoms with Crippen LogP contribution in [0.25, 0.3) is 22.3 Å². The number of likely N-dealkylation sites (tertiary alicyclic amines) is 1. The Bertz CT molecular complexity index is 3480. The van der Waals surface area contributed by atoms with E-state index in [0.717, 1.165) is 35.8 Å². The van der Waals surface area contributed by atoms with Gasteiger partial charge in [0.1, 0.15) is 32.5 Å². The number of pyridine rings is 2. The van der Waals surface area contributed by atoms with Crippen LogP contribution in [0, 0.1) is 23.7 Å². The third kappa shape index (κ3) is 16.5. The van der Waals surface area contributed by atoms with E-state index in [0.29, 0.717) is 73.3 Å². The highest BCUT2D eigenvalue weighted by Crippen LogP contribution is 2.43. The van der Waals surface area contributed by atoms with Gasteiger partial charge in [-0.1, -0.05) is 57.5 Å². The van der Waals surface area contributed by atoms with Gasteiger partial charge in [0.2, 0.25) is 51.1 Å². The Labute approximate surface area is 524 Å². The topological polar surface area (TPSA) is 332 Å². The molecule has 1 saturated carbocycles. The van der Waals surface area contributed by atoms with Gasteiger partial charge in [0.15, 0.2) is 0 Å². The fraction of sp³-hybridized carbons (Fsp3) is 0.562. The number of benzene rings is 2. The number of unbranched alkanes of at least 4 members (excludes halogenated alkanes) is 1. The molecule has 4 atom stereocenters. The molecule has 1 saturated heterocycles. The van der Waals surface area contributed by atoms with Gasteiger partial charge in [0.25, 0.3) is 5.56 Å². The van der Waals surface area contributed by atoms with Crippen LogP contribution in [-0.2, 0) is 99.0 Å². The fourth-order valence-electron chi connectivity index (χ4n) is 12.3. The highest BCUT2D eigenvalue weighted by atomic mass is 32.2. The lowest BCUT2D eigenvalue weighted by Gasteiger charge is -2.35. The van der Waals surface area contributed by atoms with Crippen LogP contribution in [0.4, 0.5) is 10.5 Å². The van der Waals surface area contributed by atoms with Gasteiger partial charge >= 0.3 is 12.1 Å². The van der Waals surface area contributed by atoms with Crippen LogP contribution >= 0.6 is 0 Å². The number of hydrogen-bond donors (Lipinski definition) is 5. The highest BCUT2D eigenvalue weighted by molar-refractivity contribution is 7.88. The fourth-order valence-corrected chi connectivity index (χ4v) is 13.5. The van der Waals surface area contributed by atoms with Crippen molar-refractivity contribution in [1.29, 1.82) is 0 Å². The molecular weight excluding hydrogens is 1180 g/mol. The van der Waals surface area contributed by atoms with E-state index in [1.165, 1.54) is 15.5 Å². The third-order valence-electron chi connectivity index (χ3n) is 17.5. The summed E-state index contributed by atoms with van der Waals surface area (Å²) in [7, 11) is -3.54. The van der Waals surface area contributed by atoms with Crippen LogP contribution in [0.1, 0.15) is 127 Å². The Hall–Kier alpha value is -7.65. The Kier molecular flexibility index (Phi) is 23.4. The van der Waals surface area contributed by atoms with Gasteiger partial charge in [-0.3, -0.25) is 38.5 Å². The molecule has 2 aromatic carbocycles. The Balaban J connectivity index is 0.760. The minimum atomic E-state index is -3.54. The Morgan fingerprint density at radius 3 is 2.29 bits per heavy atom. The largest absolute Gasteiger partial charge is 0.510 e. The number of amides is 6. The number of nitrogens with one attached hydrogen (secondary N) is 4. The van der Waals surface area contributed by atoms with Gasteiger partial charge in [-0.05, 0) is 125 Å². The zero-order valence-corrected chi connectivity index (χ0v) is 53.0. The second kappa shape index (κ2) is 30.9. The minimum absolute atomic E-state index is 0.0619. The second-order valence-corrected chi connectivity index (χ2v) is 25.9. The van der Waals surface area contributed by atoms with Crippen LogP contribution in [0.2, 0.25) is 0 Å². The van der Waals surface area contributed by atoms with Crippen LogP contribution in [0.3, 0.4) is 0 Å². The van der Waals surface area contributed by atoms with E-state index in [-0.39, 0.29) is 130 Å². The molecule has 8 rings (SSSR count). The molecule has 488 valence electrons. The number of para-hydroxylation sites is 1. The number of fused-ring (bicyclic) bond motifs is 5. The molecule has 26 heteroatoms. The predicted molar refractivity (Wildman–Crippen MR) is 331 cm³/mol. The van der Waals surface area contributed by atoms with Gasteiger partial charge in [-0.2, -0.15) is 4.31 Å². The van der Waals surface area contributed by atoms with E-state index >= 15 is 0 Å². The van der Waals surface area contributed by atoms with E-state index < -0.39 is 70.3 Å². The summed E-state index contributed by atoms with van der Waals surface area (Å²) in [6.07, 6.45) is 5.55. The number of carbonyl (C=O) groups is 8. The maximum atomic E-state index is 14.4. The van der Waals surface area contributed by atoms with E-state index in [2.05, 4.69) is 21.3 Å². The first-order valence-electron chi connectivity index (χ1n) is 31.2. The summed E-state index contributed by atoms with van der Waals surface area (Å²) in [5, 5.41) is 11.8. The zero-order valence-electron chi connectivity index (χ0n) is 52.2. The van der Waals surface area contributed by atoms with Crippen molar-refractivity contribution in [3.63, 3.8) is 0 Å². The van der Waals surface area contributed by atoms with Crippen LogP contribution in [0.5, 0.6) is 0 Å². The SMILES string of the molecule is CCC(C)C1CC(=O)N(CC2CCC(C(=O)NCCOCCNC(=O)COCC(=O)N[C@@H](CCCCN)C(=O)Nc3ccc(COC(=O)O[C@]4(CC)C(=O)OCc5c4cc4n(c5=O)Cc5c-4nc4ccccc4c5CCN(C(C)C)S(C)(=O)=O)cc3)CC2)C1=O. The van der Waals surface area contributed by atoms with Gasteiger partial charge in [0.05, 0.1) is 48.5 Å². The van der Waals surface area contributed by atoms with Crippen molar-refractivity contribution in [2.75, 3.05) is 70.7 Å². The van der Waals surface area contributed by atoms with Crippen LogP contribution in [0.15, 0.2) is 59.4 Å². The van der Waals surface area contributed by atoms with Crippen molar-refractivity contribution in [1.82, 2.24) is 34.7 Å². The summed E-state index contributed by atoms with van der Waals surface area (Å²) in [4.78, 5) is 125.